The number of rotatable bonds is 8. The third-order valence-corrected chi connectivity index (χ3v) is 5.08. The lowest BCUT2D eigenvalue weighted by molar-refractivity contribution is -0.135. The summed E-state index contributed by atoms with van der Waals surface area (Å²) in [5.41, 5.74) is 0.682. The van der Waals surface area contributed by atoms with E-state index >= 15 is 0 Å². The number of benzene rings is 1. The molecular formula is C19H24N2O4. The van der Waals surface area contributed by atoms with E-state index in [1.165, 1.54) is 6.42 Å². The number of aliphatic carboxylic acids is 1. The van der Waals surface area contributed by atoms with Gasteiger partial charge in [0.25, 0.3) is 0 Å². The molecule has 1 amide bonds. The SMILES string of the molecule is COc1ccc(N(CC(=O)O)CC(=O)NCC2C[C@H]3C=C[C@@H]2C3)cc1. The number of carbonyl (C=O) groups is 2. The standard InChI is InChI=1S/C19H24N2O4/c1-25-17-6-4-16(5-7-17)21(12-19(23)24)11-18(22)20-10-15-9-13-2-3-14(15)8-13/h2-7,13-15H,8-12H2,1H3,(H,20,22)(H,23,24)/t13-,14+,15?/m0/s1. The number of hydrogen-bond donors (Lipinski definition) is 2. The van der Waals surface area contributed by atoms with Gasteiger partial charge in [-0.15, -0.1) is 0 Å². The molecule has 1 saturated carbocycles. The predicted molar refractivity (Wildman–Crippen MR) is 94.7 cm³/mol. The number of amides is 1. The zero-order valence-electron chi connectivity index (χ0n) is 14.4. The highest BCUT2D eigenvalue weighted by Crippen LogP contribution is 2.42. The van der Waals surface area contributed by atoms with Gasteiger partial charge in [0, 0.05) is 12.2 Å². The van der Waals surface area contributed by atoms with Gasteiger partial charge in [0.1, 0.15) is 12.3 Å². The Hall–Kier alpha value is -2.50. The van der Waals surface area contributed by atoms with Crippen molar-refractivity contribution in [2.75, 3.05) is 31.6 Å². The predicted octanol–water partition coefficient (Wildman–Crippen LogP) is 1.91. The summed E-state index contributed by atoms with van der Waals surface area (Å²) < 4.78 is 5.11. The third-order valence-electron chi connectivity index (χ3n) is 5.08. The largest absolute Gasteiger partial charge is 0.497 e. The Morgan fingerprint density at radius 3 is 2.52 bits per heavy atom. The zero-order valence-corrected chi connectivity index (χ0v) is 14.4. The molecule has 0 heterocycles. The summed E-state index contributed by atoms with van der Waals surface area (Å²) in [6, 6.07) is 7.03. The van der Waals surface area contributed by atoms with E-state index in [-0.39, 0.29) is 19.0 Å². The van der Waals surface area contributed by atoms with Crippen LogP contribution in [0.2, 0.25) is 0 Å². The summed E-state index contributed by atoms with van der Waals surface area (Å²) in [7, 11) is 1.57. The number of hydrogen-bond acceptors (Lipinski definition) is 4. The second kappa shape index (κ2) is 7.59. The van der Waals surface area contributed by atoms with Crippen molar-refractivity contribution in [1.29, 1.82) is 0 Å². The van der Waals surface area contributed by atoms with E-state index in [1.807, 2.05) is 0 Å². The van der Waals surface area contributed by atoms with Crippen molar-refractivity contribution in [2.45, 2.75) is 12.8 Å². The molecule has 0 radical (unpaired) electrons. The Morgan fingerprint density at radius 1 is 1.20 bits per heavy atom. The summed E-state index contributed by atoms with van der Waals surface area (Å²) in [6.45, 7) is 0.458. The number of anilines is 1. The quantitative estimate of drug-likeness (QED) is 0.705. The van der Waals surface area contributed by atoms with Crippen LogP contribution in [0.1, 0.15) is 12.8 Å². The van der Waals surface area contributed by atoms with Gasteiger partial charge in [0.05, 0.1) is 13.7 Å². The van der Waals surface area contributed by atoms with Crippen LogP contribution in [-0.2, 0) is 9.59 Å². The van der Waals surface area contributed by atoms with Crippen LogP contribution in [0.25, 0.3) is 0 Å². The number of carbonyl (C=O) groups excluding carboxylic acids is 1. The second-order valence-electron chi connectivity index (χ2n) is 6.79. The molecule has 1 aromatic rings. The van der Waals surface area contributed by atoms with E-state index < -0.39 is 5.97 Å². The number of carboxylic acid groups (broad SMARTS) is 1. The molecule has 3 atom stereocenters. The van der Waals surface area contributed by atoms with Crippen molar-refractivity contribution >= 4 is 17.6 Å². The van der Waals surface area contributed by atoms with Crippen LogP contribution in [0.4, 0.5) is 5.69 Å². The normalized spacial score (nSPS) is 23.5. The summed E-state index contributed by atoms with van der Waals surface area (Å²) in [5, 5.41) is 12.1. The van der Waals surface area contributed by atoms with Gasteiger partial charge in [0.15, 0.2) is 0 Å². The molecule has 0 spiro atoms. The van der Waals surface area contributed by atoms with E-state index in [1.54, 1.807) is 36.3 Å². The molecule has 6 heteroatoms. The molecule has 2 aliphatic rings. The van der Waals surface area contributed by atoms with Crippen molar-refractivity contribution < 1.29 is 19.4 Å². The van der Waals surface area contributed by atoms with Crippen molar-refractivity contribution in [3.05, 3.63) is 36.4 Å². The van der Waals surface area contributed by atoms with Crippen LogP contribution >= 0.6 is 0 Å². The molecule has 2 N–H and O–H groups in total. The van der Waals surface area contributed by atoms with Crippen LogP contribution in [0, 0.1) is 17.8 Å². The maximum atomic E-state index is 12.3. The number of ether oxygens (including phenoxy) is 1. The molecule has 3 rings (SSSR count). The molecule has 2 aliphatic carbocycles. The summed E-state index contributed by atoms with van der Waals surface area (Å²) in [4.78, 5) is 25.0. The van der Waals surface area contributed by atoms with Crippen LogP contribution in [0.5, 0.6) is 5.75 Å². The van der Waals surface area contributed by atoms with Gasteiger partial charge in [-0.25, -0.2) is 0 Å². The molecule has 0 aliphatic heterocycles. The number of fused-ring (bicyclic) bond motifs is 2. The number of carboxylic acids is 1. The van der Waals surface area contributed by atoms with Gasteiger partial charge >= 0.3 is 5.97 Å². The summed E-state index contributed by atoms with van der Waals surface area (Å²) in [6.07, 6.45) is 6.89. The number of nitrogens with zero attached hydrogens (tertiary/aromatic N) is 1. The Bertz CT molecular complexity index is 656. The van der Waals surface area contributed by atoms with Crippen LogP contribution < -0.4 is 15.0 Å². The Labute approximate surface area is 147 Å². The fraction of sp³-hybridized carbons (Fsp3) is 0.474. The number of nitrogens with one attached hydrogen (secondary N) is 1. The van der Waals surface area contributed by atoms with E-state index in [0.29, 0.717) is 35.7 Å². The highest BCUT2D eigenvalue weighted by molar-refractivity contribution is 5.84. The first-order chi connectivity index (χ1) is 12.0. The van der Waals surface area contributed by atoms with Crippen molar-refractivity contribution in [1.82, 2.24) is 5.32 Å². The van der Waals surface area contributed by atoms with Crippen molar-refractivity contribution in [2.24, 2.45) is 17.8 Å². The fourth-order valence-corrected chi connectivity index (χ4v) is 3.80. The molecule has 0 saturated heterocycles. The lowest BCUT2D eigenvalue weighted by Gasteiger charge is -2.24. The summed E-state index contributed by atoms with van der Waals surface area (Å²) in [5.74, 6) is 1.34. The minimum atomic E-state index is -0.971. The Kier molecular flexibility index (Phi) is 5.26. The van der Waals surface area contributed by atoms with Crippen molar-refractivity contribution in [3.8, 4) is 5.75 Å². The maximum Gasteiger partial charge on any atom is 0.323 e. The second-order valence-corrected chi connectivity index (χ2v) is 6.79. The van der Waals surface area contributed by atoms with Gasteiger partial charge in [-0.05, 0) is 54.9 Å². The van der Waals surface area contributed by atoms with E-state index in [0.717, 1.165) is 6.42 Å². The van der Waals surface area contributed by atoms with Gasteiger partial charge < -0.3 is 20.1 Å². The molecule has 1 fully saturated rings. The first-order valence-corrected chi connectivity index (χ1v) is 8.61. The van der Waals surface area contributed by atoms with E-state index in [4.69, 9.17) is 9.84 Å². The molecule has 0 aromatic heterocycles. The topological polar surface area (TPSA) is 78.9 Å². The molecule has 6 nitrogen and oxygen atoms in total. The van der Waals surface area contributed by atoms with E-state index in [9.17, 15) is 9.59 Å². The van der Waals surface area contributed by atoms with Crippen LogP contribution in [0.3, 0.4) is 0 Å². The molecule has 25 heavy (non-hydrogen) atoms. The molecule has 1 aromatic carbocycles. The van der Waals surface area contributed by atoms with E-state index in [2.05, 4.69) is 17.5 Å². The first-order valence-electron chi connectivity index (χ1n) is 8.61. The number of allylic oxidation sites excluding steroid dienone is 2. The molecule has 2 bridgehead atoms. The monoisotopic (exact) mass is 344 g/mol. The van der Waals surface area contributed by atoms with Crippen LogP contribution in [0.15, 0.2) is 36.4 Å². The molecule has 1 unspecified atom stereocenters. The molecule has 134 valence electrons. The minimum absolute atomic E-state index is 0.0231. The maximum absolute atomic E-state index is 12.3. The Morgan fingerprint density at radius 2 is 1.96 bits per heavy atom. The highest BCUT2D eigenvalue weighted by Gasteiger charge is 2.35. The fourth-order valence-electron chi connectivity index (χ4n) is 3.80. The summed E-state index contributed by atoms with van der Waals surface area (Å²) >= 11 is 0. The number of methoxy groups -OCH3 is 1. The van der Waals surface area contributed by atoms with Gasteiger partial charge in [-0.2, -0.15) is 0 Å². The van der Waals surface area contributed by atoms with Crippen molar-refractivity contribution in [3.63, 3.8) is 0 Å². The third kappa shape index (κ3) is 4.32. The zero-order chi connectivity index (χ0) is 17.8. The van der Waals surface area contributed by atoms with Crippen LogP contribution in [-0.4, -0.2) is 43.7 Å². The lowest BCUT2D eigenvalue weighted by atomic mass is 9.94. The average Bonchev–Trinajstić information content (AvgIpc) is 3.22. The lowest BCUT2D eigenvalue weighted by Crippen LogP contribution is -2.41. The minimum Gasteiger partial charge on any atom is -0.497 e. The Balaban J connectivity index is 1.56. The highest BCUT2D eigenvalue weighted by atomic mass is 16.5. The first kappa shape index (κ1) is 17.3. The van der Waals surface area contributed by atoms with Gasteiger partial charge in [-0.3, -0.25) is 9.59 Å². The van der Waals surface area contributed by atoms with Gasteiger partial charge in [-0.1, -0.05) is 12.2 Å². The molecular weight excluding hydrogens is 320 g/mol. The smallest absolute Gasteiger partial charge is 0.323 e. The average molecular weight is 344 g/mol. The van der Waals surface area contributed by atoms with Gasteiger partial charge in [0.2, 0.25) is 5.91 Å².